The topological polar surface area (TPSA) is 196 Å². The summed E-state index contributed by atoms with van der Waals surface area (Å²) in [5.41, 5.74) is -0.933. The minimum Gasteiger partial charge on any atom is -0.273 e. The van der Waals surface area contributed by atoms with E-state index in [0.29, 0.717) is 0 Å². The number of aromatic nitrogens is 4. The van der Waals surface area contributed by atoms with Gasteiger partial charge in [0.2, 0.25) is 5.16 Å². The second kappa shape index (κ2) is 7.47. The first-order valence-electron chi connectivity index (χ1n) is 6.26. The van der Waals surface area contributed by atoms with Crippen LogP contribution in [-0.4, -0.2) is 49.6 Å². The van der Waals surface area contributed by atoms with Gasteiger partial charge in [-0.25, -0.2) is 4.68 Å². The van der Waals surface area contributed by atoms with Crippen molar-refractivity contribution in [3.8, 4) is 0 Å². The van der Waals surface area contributed by atoms with Crippen LogP contribution in [0.25, 0.3) is 0 Å². The summed E-state index contributed by atoms with van der Waals surface area (Å²) in [5, 5.41) is 32.5. The molecule has 0 spiro atoms. The summed E-state index contributed by atoms with van der Waals surface area (Å²) in [7, 11) is -4.37. The van der Waals surface area contributed by atoms with Crippen molar-refractivity contribution in [3.05, 3.63) is 38.4 Å². The molecule has 1 aromatic carbocycles. The lowest BCUT2D eigenvalue weighted by Gasteiger charge is -2.05. The number of nitro groups is 2. The second-order valence-corrected chi connectivity index (χ2v) is 6.57. The number of benzene rings is 1. The number of nitrogens with zero attached hydrogens (tertiary/aromatic N) is 6. The van der Waals surface area contributed by atoms with Gasteiger partial charge >= 0.3 is 10.3 Å². The number of nitrogens with one attached hydrogen (secondary N) is 1. The Balaban J connectivity index is 2.22. The predicted molar refractivity (Wildman–Crippen MR) is 81.2 cm³/mol. The molecule has 0 aliphatic carbocycles. The fourth-order valence-electron chi connectivity index (χ4n) is 1.64. The maximum atomic E-state index is 11.1. The van der Waals surface area contributed by atoms with E-state index >= 15 is 0 Å². The Hall–Kier alpha value is -2.69. The highest BCUT2D eigenvalue weighted by atomic mass is 32.2. The Morgan fingerprint density at radius 1 is 1.28 bits per heavy atom. The van der Waals surface area contributed by atoms with Gasteiger partial charge in [-0.2, -0.15) is 13.1 Å². The van der Waals surface area contributed by atoms with Crippen molar-refractivity contribution in [2.45, 2.75) is 16.6 Å². The lowest BCUT2D eigenvalue weighted by atomic mass is 10.3. The molecule has 0 amide bonds. The Bertz CT molecular complexity index is 913. The molecule has 0 atom stereocenters. The van der Waals surface area contributed by atoms with E-state index in [1.54, 1.807) is 0 Å². The summed E-state index contributed by atoms with van der Waals surface area (Å²) in [4.78, 5) is 20.4. The van der Waals surface area contributed by atoms with Gasteiger partial charge in [-0.1, -0.05) is 0 Å². The molecule has 1 heterocycles. The van der Waals surface area contributed by atoms with E-state index in [9.17, 15) is 28.6 Å². The molecule has 0 saturated carbocycles. The fourth-order valence-corrected chi connectivity index (χ4v) is 2.87. The number of nitro benzene ring substituents is 2. The minimum absolute atomic E-state index is 0.0596. The Kier molecular flexibility index (Phi) is 5.57. The highest BCUT2D eigenvalue weighted by Gasteiger charge is 2.22. The van der Waals surface area contributed by atoms with E-state index < -0.39 is 31.5 Å². The summed E-state index contributed by atoms with van der Waals surface area (Å²) >= 11 is 0.777. The van der Waals surface area contributed by atoms with E-state index in [-0.39, 0.29) is 23.1 Å². The Morgan fingerprint density at radius 3 is 2.60 bits per heavy atom. The third kappa shape index (κ3) is 5.14. The van der Waals surface area contributed by atoms with Crippen LogP contribution in [0.5, 0.6) is 0 Å². The lowest BCUT2D eigenvalue weighted by molar-refractivity contribution is -0.396. The van der Waals surface area contributed by atoms with Crippen LogP contribution in [0.3, 0.4) is 0 Å². The normalized spacial score (nSPS) is 11.4. The molecule has 0 unspecified atom stereocenters. The molecule has 1 aromatic heterocycles. The van der Waals surface area contributed by atoms with Crippen molar-refractivity contribution in [3.63, 3.8) is 0 Å². The van der Waals surface area contributed by atoms with Gasteiger partial charge in [-0.05, 0) is 28.3 Å². The third-order valence-corrected chi connectivity index (χ3v) is 4.27. The molecule has 0 saturated heterocycles. The molecule has 0 aliphatic heterocycles. The van der Waals surface area contributed by atoms with E-state index in [2.05, 4.69) is 15.5 Å². The van der Waals surface area contributed by atoms with E-state index in [1.807, 2.05) is 4.72 Å². The quantitative estimate of drug-likeness (QED) is 0.350. The smallest absolute Gasteiger partial charge is 0.273 e. The first-order valence-corrected chi connectivity index (χ1v) is 8.52. The van der Waals surface area contributed by atoms with Crippen LogP contribution in [0.1, 0.15) is 0 Å². The first-order chi connectivity index (χ1) is 11.7. The van der Waals surface area contributed by atoms with Gasteiger partial charge in [0.25, 0.3) is 11.4 Å². The van der Waals surface area contributed by atoms with Crippen molar-refractivity contribution in [2.75, 3.05) is 6.54 Å². The van der Waals surface area contributed by atoms with Crippen molar-refractivity contribution in [1.82, 2.24) is 24.9 Å². The Labute approximate surface area is 143 Å². The van der Waals surface area contributed by atoms with Crippen LogP contribution in [0.2, 0.25) is 0 Å². The van der Waals surface area contributed by atoms with E-state index in [4.69, 9.17) is 4.55 Å². The minimum atomic E-state index is -4.37. The summed E-state index contributed by atoms with van der Waals surface area (Å²) in [6.07, 6.45) is 0. The van der Waals surface area contributed by atoms with Crippen molar-refractivity contribution >= 4 is 33.4 Å². The molecule has 0 bridgehead atoms. The van der Waals surface area contributed by atoms with Gasteiger partial charge in [0, 0.05) is 12.6 Å². The van der Waals surface area contributed by atoms with Gasteiger partial charge in [0.15, 0.2) is 0 Å². The zero-order valence-electron chi connectivity index (χ0n) is 12.0. The molecule has 2 N–H and O–H groups in total. The summed E-state index contributed by atoms with van der Waals surface area (Å²) < 4.78 is 32.7. The van der Waals surface area contributed by atoms with Crippen LogP contribution in [0, 0.1) is 20.2 Å². The summed E-state index contributed by atoms with van der Waals surface area (Å²) in [5.74, 6) is 0. The van der Waals surface area contributed by atoms with Crippen LogP contribution < -0.4 is 4.72 Å². The molecule has 16 heteroatoms. The van der Waals surface area contributed by atoms with Crippen molar-refractivity contribution < 1.29 is 22.8 Å². The Morgan fingerprint density at radius 2 is 2.00 bits per heavy atom. The number of hydrogen-bond acceptors (Lipinski definition) is 10. The SMILES string of the molecule is O=[N+]([O-])c1ccc(Sc2nnnn2CCNS(=O)(=O)O)c([N+](=O)[O-])c1. The molecule has 2 aromatic rings. The summed E-state index contributed by atoms with van der Waals surface area (Å²) in [6, 6.07) is 3.11. The average Bonchev–Trinajstić information content (AvgIpc) is 2.93. The van der Waals surface area contributed by atoms with Crippen LogP contribution in [0.15, 0.2) is 28.3 Å². The van der Waals surface area contributed by atoms with Gasteiger partial charge < -0.3 is 0 Å². The maximum absolute atomic E-state index is 11.1. The third-order valence-electron chi connectivity index (χ3n) is 2.66. The van der Waals surface area contributed by atoms with Crippen LogP contribution >= 0.6 is 11.8 Å². The van der Waals surface area contributed by atoms with E-state index in [1.165, 1.54) is 6.07 Å². The molecule has 25 heavy (non-hydrogen) atoms. The molecular weight excluding hydrogens is 382 g/mol. The zero-order chi connectivity index (χ0) is 18.6. The van der Waals surface area contributed by atoms with Gasteiger partial charge in [0.1, 0.15) is 0 Å². The number of rotatable bonds is 8. The van der Waals surface area contributed by atoms with Gasteiger partial charge in [-0.3, -0.25) is 24.8 Å². The van der Waals surface area contributed by atoms with Gasteiger partial charge in [-0.15, -0.1) is 5.10 Å². The molecule has 2 rings (SSSR count). The van der Waals surface area contributed by atoms with Crippen molar-refractivity contribution in [2.24, 2.45) is 0 Å². The van der Waals surface area contributed by atoms with E-state index in [0.717, 1.165) is 28.6 Å². The van der Waals surface area contributed by atoms with Crippen molar-refractivity contribution in [1.29, 1.82) is 0 Å². The molecule has 134 valence electrons. The molecule has 0 aliphatic rings. The molecule has 0 radical (unpaired) electrons. The highest BCUT2D eigenvalue weighted by molar-refractivity contribution is 7.99. The maximum Gasteiger partial charge on any atom is 0.333 e. The lowest BCUT2D eigenvalue weighted by Crippen LogP contribution is -2.27. The first kappa shape index (κ1) is 18.6. The van der Waals surface area contributed by atoms with Crippen LogP contribution in [0.4, 0.5) is 11.4 Å². The number of hydrogen-bond donors (Lipinski definition) is 2. The zero-order valence-corrected chi connectivity index (χ0v) is 13.7. The van der Waals surface area contributed by atoms with Gasteiger partial charge in [0.05, 0.1) is 27.4 Å². The summed E-state index contributed by atoms with van der Waals surface area (Å²) in [6.45, 7) is -0.282. The fraction of sp³-hybridized carbons (Fsp3) is 0.222. The molecular formula is C9H9N7O7S2. The predicted octanol–water partition coefficient (Wildman–Crippen LogP) is 0.0331. The average molecular weight is 391 g/mol. The number of non-ortho nitro benzene ring substituents is 1. The highest BCUT2D eigenvalue weighted by Crippen LogP contribution is 2.35. The van der Waals surface area contributed by atoms with Crippen LogP contribution in [-0.2, 0) is 16.8 Å². The largest absolute Gasteiger partial charge is 0.333 e. The monoisotopic (exact) mass is 391 g/mol. The molecule has 0 fully saturated rings. The molecule has 14 nitrogen and oxygen atoms in total. The standard InChI is InChI=1S/C9H9N7O7S2/c17-15(18)6-1-2-8(7(5-6)16(19)20)24-9-11-12-13-14(9)4-3-10-25(21,22)23/h1-2,5,10H,3-4H2,(H,21,22,23). The second-order valence-electron chi connectivity index (χ2n) is 4.32. The number of tetrazole rings is 1.